The molecule has 0 radical (unpaired) electrons. The molecule has 1 fully saturated rings. The third-order valence-corrected chi connectivity index (χ3v) is 4.45. The van der Waals surface area contributed by atoms with E-state index in [0.717, 1.165) is 24.9 Å². The molecule has 1 N–H and O–H groups in total. The van der Waals surface area contributed by atoms with Crippen LogP contribution in [0.1, 0.15) is 38.6 Å². The van der Waals surface area contributed by atoms with E-state index in [-0.39, 0.29) is 17.9 Å². The quantitative estimate of drug-likeness (QED) is 0.935. The van der Waals surface area contributed by atoms with E-state index in [1.165, 1.54) is 12.1 Å². The van der Waals surface area contributed by atoms with Crippen LogP contribution in [0.25, 0.3) is 11.4 Å². The van der Waals surface area contributed by atoms with Crippen molar-refractivity contribution in [2.45, 2.75) is 32.7 Å². The predicted molar refractivity (Wildman–Crippen MR) is 88.8 cm³/mol. The average molecular weight is 331 g/mol. The molecule has 6 nitrogen and oxygen atoms in total. The van der Waals surface area contributed by atoms with E-state index in [4.69, 9.17) is 0 Å². The van der Waals surface area contributed by atoms with E-state index >= 15 is 0 Å². The van der Waals surface area contributed by atoms with Crippen LogP contribution in [0.5, 0.6) is 0 Å². The summed E-state index contributed by atoms with van der Waals surface area (Å²) in [5.41, 5.74) is 0.749. The molecule has 0 bridgehead atoms. The number of carbonyl (C=O) groups excluding carboxylic acids is 1. The number of benzene rings is 1. The van der Waals surface area contributed by atoms with Gasteiger partial charge in [-0.3, -0.25) is 5.10 Å². The average Bonchev–Trinajstić information content (AvgIpc) is 3.25. The number of halogens is 1. The molecule has 2 aromatic rings. The third-order valence-electron chi connectivity index (χ3n) is 4.45. The zero-order chi connectivity index (χ0) is 17.1. The van der Waals surface area contributed by atoms with E-state index in [2.05, 4.69) is 15.2 Å². The van der Waals surface area contributed by atoms with Gasteiger partial charge in [-0.15, -0.1) is 0 Å². The van der Waals surface area contributed by atoms with Gasteiger partial charge in [0.2, 0.25) is 0 Å². The molecule has 2 heterocycles. The number of H-pyrrole nitrogens is 1. The van der Waals surface area contributed by atoms with Crippen LogP contribution in [0.3, 0.4) is 0 Å². The second kappa shape index (κ2) is 6.98. The molecule has 7 heteroatoms. The summed E-state index contributed by atoms with van der Waals surface area (Å²) in [6, 6.07) is 6.03. The number of hydrogen-bond acceptors (Lipinski definition) is 3. The van der Waals surface area contributed by atoms with Gasteiger partial charge in [-0.05, 0) is 51.0 Å². The Hall–Kier alpha value is -2.44. The molecule has 3 rings (SSSR count). The van der Waals surface area contributed by atoms with E-state index in [0.29, 0.717) is 24.7 Å². The number of rotatable bonds is 4. The van der Waals surface area contributed by atoms with Crippen molar-refractivity contribution in [2.24, 2.45) is 0 Å². The van der Waals surface area contributed by atoms with Crippen LogP contribution < -0.4 is 0 Å². The van der Waals surface area contributed by atoms with Gasteiger partial charge in [-0.2, -0.15) is 5.10 Å². The van der Waals surface area contributed by atoms with Gasteiger partial charge < -0.3 is 9.80 Å². The van der Waals surface area contributed by atoms with Crippen molar-refractivity contribution in [3.05, 3.63) is 35.9 Å². The highest BCUT2D eigenvalue weighted by Crippen LogP contribution is 2.31. The van der Waals surface area contributed by atoms with Gasteiger partial charge in [0.05, 0.1) is 6.04 Å². The Bertz CT molecular complexity index is 695. The van der Waals surface area contributed by atoms with Gasteiger partial charge in [0.15, 0.2) is 5.82 Å². The highest BCUT2D eigenvalue weighted by atomic mass is 19.1. The largest absolute Gasteiger partial charge is 0.325 e. The standard InChI is InChI=1S/C17H22FN5O/c1-3-22(4-2)17(24)23-11-5-6-14(23)16-19-15(20-21-16)12-7-9-13(18)10-8-12/h7-10,14H,3-6,11H2,1-2H3,(H,19,20,21). The number of nitrogens with zero attached hydrogens (tertiary/aromatic N) is 4. The molecule has 1 aliphatic rings. The zero-order valence-electron chi connectivity index (χ0n) is 14.0. The first kappa shape index (κ1) is 16.4. The van der Waals surface area contributed by atoms with Crippen molar-refractivity contribution >= 4 is 6.03 Å². The van der Waals surface area contributed by atoms with Gasteiger partial charge in [0.1, 0.15) is 11.6 Å². The minimum absolute atomic E-state index is 0.0437. The molecule has 24 heavy (non-hydrogen) atoms. The molecule has 1 aromatic heterocycles. The molecule has 1 atom stereocenters. The topological polar surface area (TPSA) is 65.1 Å². The van der Waals surface area contributed by atoms with Gasteiger partial charge in [0, 0.05) is 25.2 Å². The smallest absolute Gasteiger partial charge is 0.320 e. The van der Waals surface area contributed by atoms with Crippen LogP contribution in [0.4, 0.5) is 9.18 Å². The molecule has 0 aliphatic carbocycles. The fraction of sp³-hybridized carbons (Fsp3) is 0.471. The van der Waals surface area contributed by atoms with Crippen molar-refractivity contribution in [2.75, 3.05) is 19.6 Å². The maximum atomic E-state index is 13.0. The number of likely N-dealkylation sites (tertiary alicyclic amines) is 1. The third kappa shape index (κ3) is 3.11. The highest BCUT2D eigenvalue weighted by Gasteiger charge is 2.34. The summed E-state index contributed by atoms with van der Waals surface area (Å²) in [6.45, 7) is 6.07. The van der Waals surface area contributed by atoms with E-state index < -0.39 is 0 Å². The van der Waals surface area contributed by atoms with Gasteiger partial charge in [0.25, 0.3) is 0 Å². The van der Waals surface area contributed by atoms with Crippen molar-refractivity contribution in [1.82, 2.24) is 25.0 Å². The Morgan fingerprint density at radius 3 is 2.71 bits per heavy atom. The summed E-state index contributed by atoms with van der Waals surface area (Å²) in [5.74, 6) is 0.917. The van der Waals surface area contributed by atoms with E-state index in [1.807, 2.05) is 23.6 Å². The van der Waals surface area contributed by atoms with Crippen LogP contribution in [0, 0.1) is 5.82 Å². The lowest BCUT2D eigenvalue weighted by Gasteiger charge is -2.29. The SMILES string of the molecule is CCN(CC)C(=O)N1CCCC1c1nc(-c2ccc(F)cc2)n[nH]1. The molecule has 2 amide bonds. The number of nitrogens with one attached hydrogen (secondary N) is 1. The second-order valence-corrected chi connectivity index (χ2v) is 5.86. The normalized spacial score (nSPS) is 17.3. The first-order valence-corrected chi connectivity index (χ1v) is 8.37. The number of aromatic nitrogens is 3. The molecule has 0 saturated carbocycles. The fourth-order valence-corrected chi connectivity index (χ4v) is 3.11. The number of amides is 2. The zero-order valence-corrected chi connectivity index (χ0v) is 14.0. The molecule has 1 saturated heterocycles. The van der Waals surface area contributed by atoms with Crippen LogP contribution in [0.15, 0.2) is 24.3 Å². The molecule has 1 aromatic carbocycles. The Morgan fingerprint density at radius 1 is 1.33 bits per heavy atom. The lowest BCUT2D eigenvalue weighted by Crippen LogP contribution is -2.42. The summed E-state index contributed by atoms with van der Waals surface area (Å²) in [7, 11) is 0. The summed E-state index contributed by atoms with van der Waals surface area (Å²) in [5, 5.41) is 7.18. The fourth-order valence-electron chi connectivity index (χ4n) is 3.11. The number of hydrogen-bond donors (Lipinski definition) is 1. The molecule has 1 unspecified atom stereocenters. The van der Waals surface area contributed by atoms with Crippen molar-refractivity contribution in [3.63, 3.8) is 0 Å². The van der Waals surface area contributed by atoms with Crippen molar-refractivity contribution < 1.29 is 9.18 Å². The van der Waals surface area contributed by atoms with E-state index in [9.17, 15) is 9.18 Å². The molecule has 128 valence electrons. The van der Waals surface area contributed by atoms with Crippen molar-refractivity contribution in [3.8, 4) is 11.4 Å². The number of carbonyl (C=O) groups is 1. The summed E-state index contributed by atoms with van der Waals surface area (Å²) >= 11 is 0. The Labute approximate surface area is 140 Å². The predicted octanol–water partition coefficient (Wildman–Crippen LogP) is 3.21. The first-order valence-electron chi connectivity index (χ1n) is 8.37. The second-order valence-electron chi connectivity index (χ2n) is 5.86. The Kier molecular flexibility index (Phi) is 4.78. The lowest BCUT2D eigenvalue weighted by molar-refractivity contribution is 0.151. The number of aromatic amines is 1. The number of urea groups is 1. The maximum Gasteiger partial charge on any atom is 0.320 e. The first-order chi connectivity index (χ1) is 11.6. The van der Waals surface area contributed by atoms with Crippen molar-refractivity contribution in [1.29, 1.82) is 0 Å². The van der Waals surface area contributed by atoms with Crippen LogP contribution >= 0.6 is 0 Å². The highest BCUT2D eigenvalue weighted by molar-refractivity contribution is 5.75. The van der Waals surface area contributed by atoms with Crippen LogP contribution in [-0.2, 0) is 0 Å². The molecular formula is C17H22FN5O. The summed E-state index contributed by atoms with van der Waals surface area (Å²) < 4.78 is 13.0. The monoisotopic (exact) mass is 331 g/mol. The molecular weight excluding hydrogens is 309 g/mol. The summed E-state index contributed by atoms with van der Waals surface area (Å²) in [6.07, 6.45) is 1.81. The van der Waals surface area contributed by atoms with Gasteiger partial charge in [-0.1, -0.05) is 0 Å². The minimum Gasteiger partial charge on any atom is -0.325 e. The lowest BCUT2D eigenvalue weighted by atomic mass is 10.2. The Morgan fingerprint density at radius 2 is 2.04 bits per heavy atom. The van der Waals surface area contributed by atoms with Gasteiger partial charge in [-0.25, -0.2) is 14.2 Å². The van der Waals surface area contributed by atoms with Gasteiger partial charge >= 0.3 is 6.03 Å². The van der Waals surface area contributed by atoms with Crippen LogP contribution in [0.2, 0.25) is 0 Å². The molecule has 1 aliphatic heterocycles. The minimum atomic E-state index is -0.290. The Balaban J connectivity index is 1.81. The molecule has 0 spiro atoms. The van der Waals surface area contributed by atoms with Crippen LogP contribution in [-0.4, -0.2) is 50.6 Å². The maximum absolute atomic E-state index is 13.0. The van der Waals surface area contributed by atoms with E-state index in [1.54, 1.807) is 12.1 Å². The summed E-state index contributed by atoms with van der Waals surface area (Å²) in [4.78, 5) is 20.9.